The van der Waals surface area contributed by atoms with E-state index in [9.17, 15) is 8.78 Å². The number of benzene rings is 1. The Morgan fingerprint density at radius 1 is 1.22 bits per heavy atom. The average molecular weight is 244 g/mol. The molecule has 0 aliphatic carbocycles. The van der Waals surface area contributed by atoms with Crippen molar-refractivity contribution in [3.8, 4) is 17.3 Å². The summed E-state index contributed by atoms with van der Waals surface area (Å²) in [4.78, 5) is 4.21. The molecule has 0 saturated heterocycles. The Bertz CT molecular complexity index is 630. The van der Waals surface area contributed by atoms with Crippen LogP contribution in [0.5, 0.6) is 0 Å². The Kier molecular flexibility index (Phi) is 3.33. The predicted molar refractivity (Wildman–Crippen MR) is 63.6 cm³/mol. The van der Waals surface area contributed by atoms with Gasteiger partial charge in [-0.25, -0.2) is 8.78 Å². The van der Waals surface area contributed by atoms with Crippen LogP contribution in [0.3, 0.4) is 0 Å². The van der Waals surface area contributed by atoms with E-state index in [4.69, 9.17) is 5.26 Å². The van der Waals surface area contributed by atoms with Crippen LogP contribution in [0.1, 0.15) is 11.3 Å². The molecule has 0 spiro atoms. The molecule has 2 rings (SSSR count). The smallest absolute Gasteiger partial charge is 0.168 e. The number of rotatable bonds is 2. The van der Waals surface area contributed by atoms with Crippen molar-refractivity contribution in [2.45, 2.75) is 13.3 Å². The lowest BCUT2D eigenvalue weighted by Gasteiger charge is -2.08. The maximum Gasteiger partial charge on any atom is 0.168 e. The number of nitriles is 1. The summed E-state index contributed by atoms with van der Waals surface area (Å²) >= 11 is 0. The first kappa shape index (κ1) is 12.2. The van der Waals surface area contributed by atoms with E-state index in [1.807, 2.05) is 6.07 Å². The van der Waals surface area contributed by atoms with Crippen LogP contribution in [0.25, 0.3) is 11.3 Å². The third-order valence-electron chi connectivity index (χ3n) is 2.59. The molecule has 0 amide bonds. The lowest BCUT2D eigenvalue weighted by atomic mass is 10.0. The van der Waals surface area contributed by atoms with E-state index in [0.717, 1.165) is 6.07 Å². The van der Waals surface area contributed by atoms with Gasteiger partial charge in [-0.2, -0.15) is 5.26 Å². The van der Waals surface area contributed by atoms with Gasteiger partial charge in [0.25, 0.3) is 0 Å². The second-order valence-electron chi connectivity index (χ2n) is 3.90. The van der Waals surface area contributed by atoms with Gasteiger partial charge in [0.1, 0.15) is 0 Å². The van der Waals surface area contributed by atoms with Crippen LogP contribution < -0.4 is 0 Å². The third-order valence-corrected chi connectivity index (χ3v) is 2.59. The molecule has 0 atom stereocenters. The first-order valence-corrected chi connectivity index (χ1v) is 5.41. The van der Waals surface area contributed by atoms with Gasteiger partial charge in [-0.15, -0.1) is 0 Å². The van der Waals surface area contributed by atoms with E-state index in [1.54, 1.807) is 19.1 Å². The fraction of sp³-hybridized carbons (Fsp3) is 0.143. The maximum atomic E-state index is 13.7. The minimum Gasteiger partial charge on any atom is -0.253 e. The minimum atomic E-state index is -0.935. The summed E-state index contributed by atoms with van der Waals surface area (Å²) in [6, 6.07) is 9.39. The van der Waals surface area contributed by atoms with Gasteiger partial charge >= 0.3 is 0 Å². The summed E-state index contributed by atoms with van der Waals surface area (Å²) in [6.07, 6.45) is 0.110. The van der Waals surface area contributed by atoms with Crippen LogP contribution in [-0.4, -0.2) is 4.98 Å². The molecule has 90 valence electrons. The monoisotopic (exact) mass is 244 g/mol. The van der Waals surface area contributed by atoms with Gasteiger partial charge in [0.2, 0.25) is 0 Å². The third kappa shape index (κ3) is 2.21. The fourth-order valence-electron chi connectivity index (χ4n) is 1.73. The first-order valence-electron chi connectivity index (χ1n) is 5.41. The van der Waals surface area contributed by atoms with Crippen molar-refractivity contribution >= 4 is 0 Å². The molecule has 18 heavy (non-hydrogen) atoms. The molecule has 0 aliphatic heterocycles. The average Bonchev–Trinajstić information content (AvgIpc) is 2.35. The Balaban J connectivity index is 2.66. The highest BCUT2D eigenvalue weighted by atomic mass is 19.2. The zero-order chi connectivity index (χ0) is 13.1. The zero-order valence-corrected chi connectivity index (χ0v) is 9.74. The van der Waals surface area contributed by atoms with Gasteiger partial charge in [-0.1, -0.05) is 12.1 Å². The number of hydrogen-bond acceptors (Lipinski definition) is 2. The van der Waals surface area contributed by atoms with Crippen molar-refractivity contribution in [1.29, 1.82) is 5.26 Å². The van der Waals surface area contributed by atoms with Gasteiger partial charge < -0.3 is 0 Å². The van der Waals surface area contributed by atoms with Crippen molar-refractivity contribution in [3.05, 3.63) is 53.2 Å². The second-order valence-corrected chi connectivity index (χ2v) is 3.90. The molecular formula is C14H10F2N2. The normalized spacial score (nSPS) is 10.1. The van der Waals surface area contributed by atoms with Gasteiger partial charge in [-0.05, 0) is 30.7 Å². The summed E-state index contributed by atoms with van der Waals surface area (Å²) in [5, 5.41) is 8.74. The standard InChI is InChI=1S/C14H10F2N2/c1-9-5-6-10(7-8-17)14(18-9)11-3-2-4-12(15)13(11)16/h2-6H,7H2,1H3. The van der Waals surface area contributed by atoms with Crippen molar-refractivity contribution in [2.24, 2.45) is 0 Å². The molecule has 2 nitrogen and oxygen atoms in total. The number of nitrogens with zero attached hydrogens (tertiary/aromatic N) is 2. The summed E-state index contributed by atoms with van der Waals surface area (Å²) < 4.78 is 27.0. The molecule has 0 radical (unpaired) electrons. The molecule has 1 aromatic heterocycles. The summed E-state index contributed by atoms with van der Waals surface area (Å²) in [5.41, 5.74) is 1.69. The van der Waals surface area contributed by atoms with Gasteiger partial charge in [-0.3, -0.25) is 4.98 Å². The van der Waals surface area contributed by atoms with Crippen molar-refractivity contribution < 1.29 is 8.78 Å². The molecule has 4 heteroatoms. The van der Waals surface area contributed by atoms with Crippen LogP contribution in [0, 0.1) is 29.9 Å². The van der Waals surface area contributed by atoms with Gasteiger partial charge in [0.15, 0.2) is 11.6 Å². The Morgan fingerprint density at radius 2 is 2.00 bits per heavy atom. The highest BCUT2D eigenvalue weighted by Crippen LogP contribution is 2.26. The molecule has 0 aliphatic rings. The Hall–Kier alpha value is -2.28. The molecular weight excluding hydrogens is 234 g/mol. The first-order chi connectivity index (χ1) is 8.63. The van der Waals surface area contributed by atoms with Crippen LogP contribution in [0.2, 0.25) is 0 Å². The number of hydrogen-bond donors (Lipinski definition) is 0. The van der Waals surface area contributed by atoms with Gasteiger partial charge in [0, 0.05) is 11.3 Å². The highest BCUT2D eigenvalue weighted by Gasteiger charge is 2.14. The molecule has 1 aromatic carbocycles. The minimum absolute atomic E-state index is 0.0870. The molecule has 2 aromatic rings. The van der Waals surface area contributed by atoms with E-state index in [0.29, 0.717) is 17.0 Å². The molecule has 0 fully saturated rings. The van der Waals surface area contributed by atoms with Crippen LogP contribution in [-0.2, 0) is 6.42 Å². The highest BCUT2D eigenvalue weighted by molar-refractivity contribution is 5.64. The Morgan fingerprint density at radius 3 is 2.72 bits per heavy atom. The van der Waals surface area contributed by atoms with Crippen LogP contribution in [0.15, 0.2) is 30.3 Å². The molecule has 0 bridgehead atoms. The van der Waals surface area contributed by atoms with E-state index in [2.05, 4.69) is 4.98 Å². The quantitative estimate of drug-likeness (QED) is 0.811. The number of aryl methyl sites for hydroxylation is 1. The van der Waals surface area contributed by atoms with Crippen molar-refractivity contribution in [2.75, 3.05) is 0 Å². The number of pyridine rings is 1. The van der Waals surface area contributed by atoms with Gasteiger partial charge in [0.05, 0.1) is 18.2 Å². The Labute approximate surface area is 104 Å². The molecule has 0 saturated carbocycles. The van der Waals surface area contributed by atoms with Crippen molar-refractivity contribution in [3.63, 3.8) is 0 Å². The largest absolute Gasteiger partial charge is 0.253 e. The van der Waals surface area contributed by atoms with Crippen LogP contribution in [0.4, 0.5) is 8.78 Å². The molecule has 1 heterocycles. The number of halogens is 2. The molecule has 0 unspecified atom stereocenters. The zero-order valence-electron chi connectivity index (χ0n) is 9.74. The summed E-state index contributed by atoms with van der Waals surface area (Å²) in [5.74, 6) is -1.85. The van der Waals surface area contributed by atoms with E-state index in [1.165, 1.54) is 12.1 Å². The summed E-state index contributed by atoms with van der Waals surface area (Å²) in [7, 11) is 0. The second kappa shape index (κ2) is 4.92. The fourth-order valence-corrected chi connectivity index (χ4v) is 1.73. The van der Waals surface area contributed by atoms with Crippen molar-refractivity contribution in [1.82, 2.24) is 4.98 Å². The van der Waals surface area contributed by atoms with E-state index >= 15 is 0 Å². The van der Waals surface area contributed by atoms with E-state index in [-0.39, 0.29) is 12.0 Å². The maximum absolute atomic E-state index is 13.7. The topological polar surface area (TPSA) is 36.7 Å². The predicted octanol–water partition coefficient (Wildman–Crippen LogP) is 3.40. The molecule has 0 N–H and O–H groups in total. The SMILES string of the molecule is Cc1ccc(CC#N)c(-c2cccc(F)c2F)n1. The van der Waals surface area contributed by atoms with E-state index < -0.39 is 11.6 Å². The summed E-state index contributed by atoms with van der Waals surface area (Å²) in [6.45, 7) is 1.76. The van der Waals surface area contributed by atoms with Crippen LogP contribution >= 0.6 is 0 Å². The lowest BCUT2D eigenvalue weighted by Crippen LogP contribution is -1.98. The number of aromatic nitrogens is 1. The lowest BCUT2D eigenvalue weighted by molar-refractivity contribution is 0.511.